The van der Waals surface area contributed by atoms with E-state index in [9.17, 15) is 13.2 Å². The zero-order chi connectivity index (χ0) is 21.0. The van der Waals surface area contributed by atoms with Gasteiger partial charge < -0.3 is 5.32 Å². The van der Waals surface area contributed by atoms with Crippen molar-refractivity contribution in [1.29, 1.82) is 0 Å². The van der Waals surface area contributed by atoms with E-state index in [0.29, 0.717) is 11.3 Å². The van der Waals surface area contributed by atoms with Crippen LogP contribution in [0.5, 0.6) is 0 Å². The highest BCUT2D eigenvalue weighted by molar-refractivity contribution is 7.92. The molecule has 6 heteroatoms. The predicted molar refractivity (Wildman–Crippen MR) is 116 cm³/mol. The minimum atomic E-state index is -3.72. The maximum absolute atomic E-state index is 13.0. The zero-order valence-electron chi connectivity index (χ0n) is 16.7. The molecule has 150 valence electrons. The third kappa shape index (κ3) is 4.49. The van der Waals surface area contributed by atoms with Crippen LogP contribution < -0.4 is 9.62 Å². The molecule has 0 aliphatic rings. The second-order valence-electron chi connectivity index (χ2n) is 6.89. The molecule has 0 radical (unpaired) electrons. The molecule has 0 spiro atoms. The summed E-state index contributed by atoms with van der Waals surface area (Å²) < 4.78 is 27.1. The normalized spacial score (nSPS) is 12.2. The number of anilines is 1. The minimum absolute atomic E-state index is 0.167. The molecule has 0 aromatic heterocycles. The standard InChI is InChI=1S/C23H24N2O3S/c1-17-14-15-20(23(26)24-18(2)19-10-6-4-7-11-19)16-22(17)25(3)29(27,28)21-12-8-5-9-13-21/h4-16,18H,1-3H3,(H,24,26)/t18-/m0/s1. The molecule has 1 atom stereocenters. The van der Waals surface area contributed by atoms with Crippen molar-refractivity contribution in [2.45, 2.75) is 24.8 Å². The lowest BCUT2D eigenvalue weighted by molar-refractivity contribution is 0.0940. The van der Waals surface area contributed by atoms with Crippen LogP contribution in [0.25, 0.3) is 0 Å². The van der Waals surface area contributed by atoms with Gasteiger partial charge in [-0.25, -0.2) is 8.42 Å². The second kappa shape index (κ2) is 8.49. The smallest absolute Gasteiger partial charge is 0.264 e. The first-order valence-corrected chi connectivity index (χ1v) is 10.7. The lowest BCUT2D eigenvalue weighted by atomic mass is 10.1. The van der Waals surface area contributed by atoms with Crippen molar-refractivity contribution in [2.24, 2.45) is 0 Å². The van der Waals surface area contributed by atoms with Crippen molar-refractivity contribution in [2.75, 3.05) is 11.4 Å². The minimum Gasteiger partial charge on any atom is -0.346 e. The first-order valence-electron chi connectivity index (χ1n) is 9.31. The van der Waals surface area contributed by atoms with Gasteiger partial charge >= 0.3 is 0 Å². The first-order chi connectivity index (χ1) is 13.8. The number of nitrogens with zero attached hydrogens (tertiary/aromatic N) is 1. The van der Waals surface area contributed by atoms with Gasteiger partial charge in [-0.2, -0.15) is 0 Å². The Balaban J connectivity index is 1.87. The van der Waals surface area contributed by atoms with E-state index in [1.54, 1.807) is 48.5 Å². The predicted octanol–water partition coefficient (Wildman–Crippen LogP) is 4.31. The Bertz CT molecular complexity index is 1100. The van der Waals surface area contributed by atoms with Crippen molar-refractivity contribution in [3.05, 3.63) is 95.6 Å². The van der Waals surface area contributed by atoms with Crippen LogP contribution in [-0.2, 0) is 10.0 Å². The number of carbonyl (C=O) groups is 1. The van der Waals surface area contributed by atoms with Gasteiger partial charge in [-0.3, -0.25) is 9.10 Å². The van der Waals surface area contributed by atoms with E-state index >= 15 is 0 Å². The molecule has 0 fully saturated rings. The summed E-state index contributed by atoms with van der Waals surface area (Å²) in [5.41, 5.74) is 2.63. The van der Waals surface area contributed by atoms with Gasteiger partial charge in [0.05, 0.1) is 16.6 Å². The number of hydrogen-bond donors (Lipinski definition) is 1. The lowest BCUT2D eigenvalue weighted by Gasteiger charge is -2.22. The number of sulfonamides is 1. The molecular formula is C23H24N2O3S. The summed E-state index contributed by atoms with van der Waals surface area (Å²) in [5, 5.41) is 2.96. The number of rotatable bonds is 6. The number of aryl methyl sites for hydroxylation is 1. The van der Waals surface area contributed by atoms with Crippen molar-refractivity contribution < 1.29 is 13.2 Å². The topological polar surface area (TPSA) is 66.5 Å². The Morgan fingerprint density at radius 1 is 0.931 bits per heavy atom. The highest BCUT2D eigenvalue weighted by atomic mass is 32.2. The van der Waals surface area contributed by atoms with Crippen molar-refractivity contribution in [3.8, 4) is 0 Å². The Morgan fingerprint density at radius 2 is 1.52 bits per heavy atom. The van der Waals surface area contributed by atoms with Crippen molar-refractivity contribution in [3.63, 3.8) is 0 Å². The number of hydrogen-bond acceptors (Lipinski definition) is 3. The summed E-state index contributed by atoms with van der Waals surface area (Å²) in [6.07, 6.45) is 0. The summed E-state index contributed by atoms with van der Waals surface area (Å²) in [7, 11) is -2.22. The van der Waals surface area contributed by atoms with E-state index in [1.807, 2.05) is 44.2 Å². The van der Waals surface area contributed by atoms with Crippen LogP contribution in [0.1, 0.15) is 34.5 Å². The van der Waals surface area contributed by atoms with Gasteiger partial charge in [0.2, 0.25) is 0 Å². The molecule has 1 amide bonds. The van der Waals surface area contributed by atoms with Gasteiger partial charge in [-0.15, -0.1) is 0 Å². The maximum Gasteiger partial charge on any atom is 0.264 e. The van der Waals surface area contributed by atoms with E-state index in [0.717, 1.165) is 11.1 Å². The monoisotopic (exact) mass is 408 g/mol. The van der Waals surface area contributed by atoms with Crippen LogP contribution in [0.4, 0.5) is 5.69 Å². The Hall–Kier alpha value is -3.12. The lowest BCUT2D eigenvalue weighted by Crippen LogP contribution is -2.29. The molecule has 0 aliphatic heterocycles. The third-order valence-corrected chi connectivity index (χ3v) is 6.65. The molecule has 5 nitrogen and oxygen atoms in total. The van der Waals surface area contributed by atoms with Gasteiger partial charge in [0.15, 0.2) is 0 Å². The third-order valence-electron chi connectivity index (χ3n) is 4.86. The molecule has 0 heterocycles. The Labute approximate surface area is 172 Å². The summed E-state index contributed by atoms with van der Waals surface area (Å²) in [6, 6.07) is 22.8. The largest absolute Gasteiger partial charge is 0.346 e. The maximum atomic E-state index is 13.0. The molecule has 29 heavy (non-hydrogen) atoms. The van der Waals surface area contributed by atoms with E-state index < -0.39 is 10.0 Å². The highest BCUT2D eigenvalue weighted by Crippen LogP contribution is 2.26. The molecule has 3 aromatic carbocycles. The van der Waals surface area contributed by atoms with Gasteiger partial charge in [0, 0.05) is 12.6 Å². The average Bonchev–Trinajstić information content (AvgIpc) is 2.74. The molecule has 1 N–H and O–H groups in total. The van der Waals surface area contributed by atoms with Gasteiger partial charge in [0.25, 0.3) is 15.9 Å². The van der Waals surface area contributed by atoms with Crippen LogP contribution in [0.15, 0.2) is 83.8 Å². The number of amides is 1. The summed E-state index contributed by atoms with van der Waals surface area (Å²) in [6.45, 7) is 3.73. The van der Waals surface area contributed by atoms with Gasteiger partial charge in [-0.1, -0.05) is 54.6 Å². The van der Waals surface area contributed by atoms with Crippen molar-refractivity contribution >= 4 is 21.6 Å². The highest BCUT2D eigenvalue weighted by Gasteiger charge is 2.23. The number of benzene rings is 3. The summed E-state index contributed by atoms with van der Waals surface area (Å²) >= 11 is 0. The van der Waals surface area contributed by atoms with Crippen LogP contribution in [0.3, 0.4) is 0 Å². The van der Waals surface area contributed by atoms with Crippen LogP contribution >= 0.6 is 0 Å². The van der Waals surface area contributed by atoms with Crippen LogP contribution in [0, 0.1) is 6.92 Å². The van der Waals surface area contributed by atoms with E-state index in [4.69, 9.17) is 0 Å². The first kappa shape index (κ1) is 20.6. The summed E-state index contributed by atoms with van der Waals surface area (Å²) in [4.78, 5) is 13.0. The van der Waals surface area contributed by atoms with Crippen LogP contribution in [-0.4, -0.2) is 21.4 Å². The van der Waals surface area contributed by atoms with E-state index in [2.05, 4.69) is 5.32 Å². The fourth-order valence-electron chi connectivity index (χ4n) is 3.07. The van der Waals surface area contributed by atoms with E-state index in [1.165, 1.54) is 11.4 Å². The quantitative estimate of drug-likeness (QED) is 0.661. The molecule has 0 bridgehead atoms. The SMILES string of the molecule is Cc1ccc(C(=O)N[C@@H](C)c2ccccc2)cc1N(C)S(=O)(=O)c1ccccc1. The number of carbonyl (C=O) groups excluding carboxylic acids is 1. The molecule has 0 saturated carbocycles. The van der Waals surface area contributed by atoms with Crippen molar-refractivity contribution in [1.82, 2.24) is 5.32 Å². The summed E-state index contributed by atoms with van der Waals surface area (Å²) in [5.74, 6) is -0.256. The molecule has 3 aromatic rings. The molecule has 0 aliphatic carbocycles. The van der Waals surface area contributed by atoms with Gasteiger partial charge in [-0.05, 0) is 49.2 Å². The second-order valence-corrected chi connectivity index (χ2v) is 8.86. The zero-order valence-corrected chi connectivity index (χ0v) is 17.5. The Kier molecular flexibility index (Phi) is 6.03. The van der Waals surface area contributed by atoms with Crippen LogP contribution in [0.2, 0.25) is 0 Å². The average molecular weight is 409 g/mol. The molecule has 0 unspecified atom stereocenters. The molecule has 0 saturated heterocycles. The fraction of sp³-hybridized carbons (Fsp3) is 0.174. The molecular weight excluding hydrogens is 384 g/mol. The number of nitrogens with one attached hydrogen (secondary N) is 1. The van der Waals surface area contributed by atoms with E-state index in [-0.39, 0.29) is 16.8 Å². The molecule has 3 rings (SSSR count). The van der Waals surface area contributed by atoms with Gasteiger partial charge in [0.1, 0.15) is 0 Å². The Morgan fingerprint density at radius 3 is 2.14 bits per heavy atom. The fourth-order valence-corrected chi connectivity index (χ4v) is 4.35.